The fraction of sp³-hybridized carbons (Fsp3) is 0.0714. The molecule has 1 aliphatic rings. The van der Waals surface area contributed by atoms with Gasteiger partial charge in [0.25, 0.3) is 0 Å². The molecular formula is C28H21FO2. The van der Waals surface area contributed by atoms with Crippen LogP contribution in [0.15, 0.2) is 97.1 Å². The minimum absolute atomic E-state index is 0.307. The molecule has 1 atom stereocenters. The predicted molar refractivity (Wildman–Crippen MR) is 124 cm³/mol. The van der Waals surface area contributed by atoms with Crippen LogP contribution in [0.2, 0.25) is 0 Å². The Bertz CT molecular complexity index is 1310. The van der Waals surface area contributed by atoms with Gasteiger partial charge in [-0.3, -0.25) is 0 Å². The van der Waals surface area contributed by atoms with E-state index in [9.17, 15) is 4.39 Å². The molecule has 0 bridgehead atoms. The van der Waals surface area contributed by atoms with Gasteiger partial charge in [-0.05, 0) is 64.9 Å². The third kappa shape index (κ3) is 3.49. The smallest absolute Gasteiger partial charge is 0.174 e. The molecule has 0 aliphatic carbocycles. The van der Waals surface area contributed by atoms with E-state index in [-0.39, 0.29) is 5.82 Å². The highest BCUT2D eigenvalue weighted by atomic mass is 19.1. The molecule has 4 aromatic carbocycles. The Morgan fingerprint density at radius 3 is 2.52 bits per heavy atom. The Morgan fingerprint density at radius 2 is 1.71 bits per heavy atom. The summed E-state index contributed by atoms with van der Waals surface area (Å²) in [6.45, 7) is 0. The summed E-state index contributed by atoms with van der Waals surface area (Å²) in [4.78, 5) is 0. The zero-order valence-corrected chi connectivity index (χ0v) is 17.1. The first-order valence-corrected chi connectivity index (χ1v) is 10.2. The van der Waals surface area contributed by atoms with Crippen molar-refractivity contribution in [3.63, 3.8) is 0 Å². The van der Waals surface area contributed by atoms with Crippen molar-refractivity contribution in [2.75, 3.05) is 7.11 Å². The summed E-state index contributed by atoms with van der Waals surface area (Å²) in [5, 5.41) is 2.12. The second-order valence-electron chi connectivity index (χ2n) is 7.52. The van der Waals surface area contributed by atoms with Gasteiger partial charge in [-0.1, -0.05) is 60.7 Å². The van der Waals surface area contributed by atoms with E-state index in [1.807, 2.05) is 91.0 Å². The van der Waals surface area contributed by atoms with Crippen LogP contribution in [0.4, 0.5) is 4.39 Å². The summed E-state index contributed by atoms with van der Waals surface area (Å²) in [6.07, 6.45) is 7.83. The van der Waals surface area contributed by atoms with Crippen LogP contribution in [0.25, 0.3) is 22.9 Å². The van der Waals surface area contributed by atoms with Crippen LogP contribution in [0.3, 0.4) is 0 Å². The van der Waals surface area contributed by atoms with Gasteiger partial charge >= 0.3 is 0 Å². The Morgan fingerprint density at radius 1 is 0.903 bits per heavy atom. The van der Waals surface area contributed by atoms with Crippen LogP contribution in [-0.4, -0.2) is 7.11 Å². The van der Waals surface area contributed by atoms with Gasteiger partial charge in [0.2, 0.25) is 0 Å². The first-order valence-electron chi connectivity index (χ1n) is 10.2. The molecule has 0 amide bonds. The quantitative estimate of drug-likeness (QED) is 0.362. The summed E-state index contributed by atoms with van der Waals surface area (Å²) in [6, 6.07) is 26.6. The van der Waals surface area contributed by atoms with Crippen LogP contribution in [-0.2, 0) is 5.60 Å². The number of ether oxygens (including phenoxy) is 2. The molecule has 0 N–H and O–H groups in total. The van der Waals surface area contributed by atoms with Crippen molar-refractivity contribution < 1.29 is 13.9 Å². The highest BCUT2D eigenvalue weighted by Gasteiger charge is 2.35. The van der Waals surface area contributed by atoms with Crippen molar-refractivity contribution in [2.45, 2.75) is 5.60 Å². The van der Waals surface area contributed by atoms with Crippen molar-refractivity contribution in [2.24, 2.45) is 0 Å². The summed E-state index contributed by atoms with van der Waals surface area (Å²) >= 11 is 0. The molecule has 0 radical (unpaired) electrons. The van der Waals surface area contributed by atoms with Gasteiger partial charge < -0.3 is 9.47 Å². The maximum atomic E-state index is 14.9. The number of rotatable bonds is 4. The molecule has 0 saturated heterocycles. The number of halogens is 1. The van der Waals surface area contributed by atoms with Gasteiger partial charge in [0.1, 0.15) is 17.3 Å². The van der Waals surface area contributed by atoms with E-state index in [0.29, 0.717) is 11.3 Å². The highest BCUT2D eigenvalue weighted by Crippen LogP contribution is 2.42. The Labute approximate surface area is 180 Å². The second kappa shape index (κ2) is 7.77. The van der Waals surface area contributed by atoms with Gasteiger partial charge in [0.05, 0.1) is 7.11 Å². The minimum Gasteiger partial charge on any atom is -0.497 e. The molecule has 0 saturated carbocycles. The first-order chi connectivity index (χ1) is 15.2. The zero-order chi connectivity index (χ0) is 21.3. The molecule has 2 nitrogen and oxygen atoms in total. The molecule has 4 aromatic rings. The van der Waals surface area contributed by atoms with E-state index in [0.717, 1.165) is 27.6 Å². The lowest BCUT2D eigenvalue weighted by molar-refractivity contribution is 0.166. The van der Waals surface area contributed by atoms with Crippen LogP contribution in [0.1, 0.15) is 16.7 Å². The predicted octanol–water partition coefficient (Wildman–Crippen LogP) is 7.00. The lowest BCUT2D eigenvalue weighted by Crippen LogP contribution is -2.31. The fourth-order valence-corrected chi connectivity index (χ4v) is 4.01. The number of benzene rings is 4. The second-order valence-corrected chi connectivity index (χ2v) is 7.52. The van der Waals surface area contributed by atoms with E-state index in [1.54, 1.807) is 19.2 Å². The molecule has 0 aromatic heterocycles. The lowest BCUT2D eigenvalue weighted by atomic mass is 9.87. The molecule has 0 spiro atoms. The van der Waals surface area contributed by atoms with Gasteiger partial charge in [0.15, 0.2) is 5.60 Å². The molecule has 1 aliphatic heterocycles. The normalized spacial score (nSPS) is 17.5. The largest absolute Gasteiger partial charge is 0.497 e. The molecule has 152 valence electrons. The number of hydrogen-bond acceptors (Lipinski definition) is 2. The Balaban J connectivity index is 1.65. The maximum Gasteiger partial charge on any atom is 0.174 e. The topological polar surface area (TPSA) is 18.5 Å². The third-order valence-electron chi connectivity index (χ3n) is 5.62. The Hall–Kier alpha value is -3.85. The molecule has 5 rings (SSSR count). The van der Waals surface area contributed by atoms with Gasteiger partial charge in [-0.25, -0.2) is 4.39 Å². The van der Waals surface area contributed by atoms with Crippen LogP contribution in [0.5, 0.6) is 11.5 Å². The summed E-state index contributed by atoms with van der Waals surface area (Å²) in [5.74, 6) is 1.21. The van der Waals surface area contributed by atoms with E-state index >= 15 is 0 Å². The molecule has 1 unspecified atom stereocenters. The standard InChI is InChI=1S/C28H21FO2/c1-30-22-12-13-23-21(19-22)11-14-27-24(23)16-18-28(31-27,25-9-5-6-10-26(25)29)17-15-20-7-3-2-4-8-20/h2-19H,1H3. The van der Waals surface area contributed by atoms with E-state index in [2.05, 4.69) is 0 Å². The SMILES string of the molecule is COc1ccc2c3c(ccc2c1)OC(C=Cc1ccccc1)(c1ccccc1F)C=C3. The van der Waals surface area contributed by atoms with Crippen LogP contribution < -0.4 is 9.47 Å². The van der Waals surface area contributed by atoms with Crippen LogP contribution >= 0.6 is 0 Å². The van der Waals surface area contributed by atoms with Crippen molar-refractivity contribution in [1.82, 2.24) is 0 Å². The fourth-order valence-electron chi connectivity index (χ4n) is 4.01. The highest BCUT2D eigenvalue weighted by molar-refractivity contribution is 5.94. The Kier molecular flexibility index (Phi) is 4.79. The maximum absolute atomic E-state index is 14.9. The average molecular weight is 408 g/mol. The van der Waals surface area contributed by atoms with Crippen molar-refractivity contribution in [1.29, 1.82) is 0 Å². The van der Waals surface area contributed by atoms with E-state index < -0.39 is 5.60 Å². The lowest BCUT2D eigenvalue weighted by Gasteiger charge is -2.33. The van der Waals surface area contributed by atoms with Crippen LogP contribution in [0, 0.1) is 5.82 Å². The van der Waals surface area contributed by atoms with Crippen molar-refractivity contribution in [3.8, 4) is 11.5 Å². The van der Waals surface area contributed by atoms with Gasteiger partial charge in [-0.15, -0.1) is 0 Å². The summed E-state index contributed by atoms with van der Waals surface area (Å²) in [7, 11) is 1.66. The summed E-state index contributed by atoms with van der Waals surface area (Å²) in [5.41, 5.74) is 1.42. The molecule has 1 heterocycles. The van der Waals surface area contributed by atoms with Gasteiger partial charge in [0, 0.05) is 11.1 Å². The molecule has 0 fully saturated rings. The zero-order valence-electron chi connectivity index (χ0n) is 17.1. The first kappa shape index (κ1) is 19.1. The summed E-state index contributed by atoms with van der Waals surface area (Å²) < 4.78 is 26.8. The molecule has 3 heteroatoms. The van der Waals surface area contributed by atoms with Crippen molar-refractivity contribution >= 4 is 22.9 Å². The molecular weight excluding hydrogens is 387 g/mol. The number of methoxy groups -OCH3 is 1. The third-order valence-corrected chi connectivity index (χ3v) is 5.62. The average Bonchev–Trinajstić information content (AvgIpc) is 2.83. The van der Waals surface area contributed by atoms with Gasteiger partial charge in [-0.2, -0.15) is 0 Å². The van der Waals surface area contributed by atoms with E-state index in [4.69, 9.17) is 9.47 Å². The number of fused-ring (bicyclic) bond motifs is 3. The molecule has 31 heavy (non-hydrogen) atoms. The van der Waals surface area contributed by atoms with Crippen molar-refractivity contribution in [3.05, 3.63) is 120 Å². The minimum atomic E-state index is -1.05. The monoisotopic (exact) mass is 408 g/mol. The van der Waals surface area contributed by atoms with E-state index in [1.165, 1.54) is 6.07 Å². The number of hydrogen-bond donors (Lipinski definition) is 0.